The summed E-state index contributed by atoms with van der Waals surface area (Å²) in [6.45, 7) is 2.99. The van der Waals surface area contributed by atoms with E-state index in [-0.39, 0.29) is 0 Å². The second-order valence-corrected chi connectivity index (χ2v) is 4.74. The van der Waals surface area contributed by atoms with Crippen molar-refractivity contribution in [2.45, 2.75) is 26.0 Å². The Balaban J connectivity index is 1.97. The standard InChI is InChI=1S/C15H17N3O/c1-2-7-18-10-16-9-14(18)15(19)12-3-4-13-11(8-12)5-6-17-13/h3-6,8-10,15,17,19H,2,7H2,1H3. The minimum absolute atomic E-state index is 0.631. The molecule has 4 heteroatoms. The first-order chi connectivity index (χ1) is 9.29. The molecule has 0 saturated carbocycles. The van der Waals surface area contributed by atoms with Crippen LogP contribution in [0.4, 0.5) is 0 Å². The molecule has 2 heterocycles. The molecule has 1 unspecified atom stereocenters. The third kappa shape index (κ3) is 2.15. The summed E-state index contributed by atoms with van der Waals surface area (Å²) in [5.74, 6) is 0. The molecule has 1 atom stereocenters. The number of aliphatic hydroxyl groups excluding tert-OH is 1. The van der Waals surface area contributed by atoms with Crippen LogP contribution in [0, 0.1) is 0 Å². The first kappa shape index (κ1) is 12.0. The van der Waals surface area contributed by atoms with Crippen LogP contribution in [-0.2, 0) is 6.54 Å². The SMILES string of the molecule is CCCn1cncc1C(O)c1ccc2[nH]ccc2c1. The van der Waals surface area contributed by atoms with Gasteiger partial charge in [0.15, 0.2) is 0 Å². The number of aryl methyl sites for hydroxylation is 1. The van der Waals surface area contributed by atoms with Gasteiger partial charge in [0.25, 0.3) is 0 Å². The van der Waals surface area contributed by atoms with Crippen LogP contribution in [0.3, 0.4) is 0 Å². The van der Waals surface area contributed by atoms with E-state index in [0.29, 0.717) is 0 Å². The van der Waals surface area contributed by atoms with Crippen molar-refractivity contribution < 1.29 is 5.11 Å². The summed E-state index contributed by atoms with van der Waals surface area (Å²) in [6.07, 6.45) is 5.81. The number of fused-ring (bicyclic) bond motifs is 1. The third-order valence-electron chi connectivity index (χ3n) is 3.38. The zero-order valence-corrected chi connectivity index (χ0v) is 10.9. The summed E-state index contributed by atoms with van der Waals surface area (Å²) in [5, 5.41) is 11.6. The largest absolute Gasteiger partial charge is 0.382 e. The molecule has 0 amide bonds. The van der Waals surface area contributed by atoms with Crippen LogP contribution < -0.4 is 0 Å². The Kier molecular flexibility index (Phi) is 3.09. The number of nitrogens with one attached hydrogen (secondary N) is 1. The monoisotopic (exact) mass is 255 g/mol. The fourth-order valence-electron chi connectivity index (χ4n) is 2.40. The Hall–Kier alpha value is -2.07. The van der Waals surface area contributed by atoms with Gasteiger partial charge in [-0.25, -0.2) is 4.98 Å². The summed E-state index contributed by atoms with van der Waals surface area (Å²) in [4.78, 5) is 7.29. The quantitative estimate of drug-likeness (QED) is 0.753. The van der Waals surface area contributed by atoms with Crippen LogP contribution in [0.5, 0.6) is 0 Å². The Bertz CT molecular complexity index is 683. The van der Waals surface area contributed by atoms with Crippen LogP contribution >= 0.6 is 0 Å². The number of nitrogens with zero attached hydrogens (tertiary/aromatic N) is 2. The number of imidazole rings is 1. The van der Waals surface area contributed by atoms with Crippen LogP contribution in [0.25, 0.3) is 10.9 Å². The van der Waals surface area contributed by atoms with Gasteiger partial charge in [0.05, 0.1) is 18.2 Å². The molecular weight excluding hydrogens is 238 g/mol. The van der Waals surface area contributed by atoms with Gasteiger partial charge in [0, 0.05) is 18.3 Å². The number of rotatable bonds is 4. The van der Waals surface area contributed by atoms with Crippen LogP contribution in [0.15, 0.2) is 43.0 Å². The molecule has 0 fully saturated rings. The predicted octanol–water partition coefficient (Wildman–Crippen LogP) is 2.86. The van der Waals surface area contributed by atoms with Gasteiger partial charge in [0.1, 0.15) is 6.10 Å². The lowest BCUT2D eigenvalue weighted by molar-refractivity contribution is 0.210. The molecule has 0 bridgehead atoms. The van der Waals surface area contributed by atoms with E-state index in [9.17, 15) is 5.11 Å². The summed E-state index contributed by atoms with van der Waals surface area (Å²) in [6, 6.07) is 7.97. The zero-order chi connectivity index (χ0) is 13.2. The van der Waals surface area contributed by atoms with Crippen molar-refractivity contribution in [1.82, 2.24) is 14.5 Å². The fourth-order valence-corrected chi connectivity index (χ4v) is 2.40. The highest BCUT2D eigenvalue weighted by molar-refractivity contribution is 5.80. The van der Waals surface area contributed by atoms with Gasteiger partial charge < -0.3 is 14.7 Å². The van der Waals surface area contributed by atoms with Crippen LogP contribution in [0.1, 0.15) is 30.7 Å². The van der Waals surface area contributed by atoms with E-state index in [0.717, 1.165) is 35.1 Å². The Morgan fingerprint density at radius 2 is 2.26 bits per heavy atom. The lowest BCUT2D eigenvalue weighted by Gasteiger charge is -2.14. The molecule has 2 N–H and O–H groups in total. The van der Waals surface area contributed by atoms with E-state index >= 15 is 0 Å². The number of H-pyrrole nitrogens is 1. The summed E-state index contributed by atoms with van der Waals surface area (Å²) in [7, 11) is 0. The summed E-state index contributed by atoms with van der Waals surface area (Å²) >= 11 is 0. The molecule has 0 saturated heterocycles. The van der Waals surface area contributed by atoms with Gasteiger partial charge in [-0.3, -0.25) is 0 Å². The van der Waals surface area contributed by atoms with Crippen LogP contribution in [-0.4, -0.2) is 19.6 Å². The maximum atomic E-state index is 10.5. The average molecular weight is 255 g/mol. The minimum atomic E-state index is -0.631. The van der Waals surface area contributed by atoms with Gasteiger partial charge in [-0.15, -0.1) is 0 Å². The zero-order valence-electron chi connectivity index (χ0n) is 10.9. The number of aromatic amines is 1. The molecule has 0 aliphatic heterocycles. The number of hydrogen-bond acceptors (Lipinski definition) is 2. The normalized spacial score (nSPS) is 12.9. The lowest BCUT2D eigenvalue weighted by atomic mass is 10.0. The molecule has 19 heavy (non-hydrogen) atoms. The second kappa shape index (κ2) is 4.90. The number of aliphatic hydroxyl groups is 1. The van der Waals surface area contributed by atoms with Crippen molar-refractivity contribution in [3.63, 3.8) is 0 Å². The van der Waals surface area contributed by atoms with E-state index < -0.39 is 6.10 Å². The maximum Gasteiger partial charge on any atom is 0.121 e. The molecule has 2 aromatic heterocycles. The van der Waals surface area contributed by atoms with E-state index in [1.807, 2.05) is 35.0 Å². The van der Waals surface area contributed by atoms with Crippen molar-refractivity contribution in [2.24, 2.45) is 0 Å². The molecule has 0 spiro atoms. The van der Waals surface area contributed by atoms with Crippen molar-refractivity contribution in [2.75, 3.05) is 0 Å². The second-order valence-electron chi connectivity index (χ2n) is 4.74. The Morgan fingerprint density at radius 1 is 1.37 bits per heavy atom. The fraction of sp³-hybridized carbons (Fsp3) is 0.267. The Labute approximate surface area is 111 Å². The average Bonchev–Trinajstić information content (AvgIpc) is 3.05. The molecule has 3 rings (SSSR count). The van der Waals surface area contributed by atoms with Gasteiger partial charge in [-0.05, 0) is 35.6 Å². The molecule has 0 aliphatic rings. The van der Waals surface area contributed by atoms with E-state index in [1.165, 1.54) is 0 Å². The lowest BCUT2D eigenvalue weighted by Crippen LogP contribution is -2.08. The topological polar surface area (TPSA) is 53.8 Å². The van der Waals surface area contributed by atoms with Gasteiger partial charge in [0.2, 0.25) is 0 Å². The number of benzene rings is 1. The minimum Gasteiger partial charge on any atom is -0.382 e. The molecule has 3 aromatic rings. The number of aromatic nitrogens is 3. The number of hydrogen-bond donors (Lipinski definition) is 2. The molecule has 4 nitrogen and oxygen atoms in total. The summed E-state index contributed by atoms with van der Waals surface area (Å²) in [5.41, 5.74) is 2.82. The van der Waals surface area contributed by atoms with Crippen LogP contribution in [0.2, 0.25) is 0 Å². The van der Waals surface area contributed by atoms with E-state index in [2.05, 4.69) is 16.9 Å². The highest BCUT2D eigenvalue weighted by Gasteiger charge is 2.15. The molecule has 98 valence electrons. The first-order valence-electron chi connectivity index (χ1n) is 6.54. The molecule has 0 aliphatic carbocycles. The van der Waals surface area contributed by atoms with Crippen molar-refractivity contribution in [1.29, 1.82) is 0 Å². The maximum absolute atomic E-state index is 10.5. The van der Waals surface area contributed by atoms with E-state index in [1.54, 1.807) is 12.5 Å². The summed E-state index contributed by atoms with van der Waals surface area (Å²) < 4.78 is 2.01. The van der Waals surface area contributed by atoms with Crippen molar-refractivity contribution in [3.8, 4) is 0 Å². The highest BCUT2D eigenvalue weighted by Crippen LogP contribution is 2.25. The van der Waals surface area contributed by atoms with Gasteiger partial charge >= 0.3 is 0 Å². The smallest absolute Gasteiger partial charge is 0.121 e. The molecule has 1 aromatic carbocycles. The molecular formula is C15H17N3O. The highest BCUT2D eigenvalue weighted by atomic mass is 16.3. The predicted molar refractivity (Wildman–Crippen MR) is 74.9 cm³/mol. The third-order valence-corrected chi connectivity index (χ3v) is 3.38. The van der Waals surface area contributed by atoms with Crippen molar-refractivity contribution >= 4 is 10.9 Å². The van der Waals surface area contributed by atoms with Crippen molar-refractivity contribution in [3.05, 3.63) is 54.2 Å². The van der Waals surface area contributed by atoms with Gasteiger partial charge in [-0.1, -0.05) is 13.0 Å². The van der Waals surface area contributed by atoms with Gasteiger partial charge in [-0.2, -0.15) is 0 Å². The van der Waals surface area contributed by atoms with E-state index in [4.69, 9.17) is 0 Å². The Morgan fingerprint density at radius 3 is 3.11 bits per heavy atom. The molecule has 0 radical (unpaired) electrons. The first-order valence-corrected chi connectivity index (χ1v) is 6.54.